The van der Waals surface area contributed by atoms with Gasteiger partial charge in [0.25, 0.3) is 0 Å². The average molecular weight is 948 g/mol. The molecule has 0 aromatic carbocycles. The van der Waals surface area contributed by atoms with Crippen molar-refractivity contribution in [1.82, 2.24) is 0 Å². The minimum absolute atomic E-state index is 0.106. The SMILES string of the molecule is CC/C=C\C/C=C\C/C=C\C/C=C\C/C=C\C/C=C\CCC(=O)OCC(COC(=O)CCCCC/C=C\CCCCCCCC)OC(=O)CCCCCCCCCCCCCCCCCCCC. The molecule has 0 aliphatic carbocycles. The number of carbonyl (C=O) groups is 3. The first-order chi connectivity index (χ1) is 33.5. The highest BCUT2D eigenvalue weighted by molar-refractivity contribution is 5.71. The molecular formula is C62H106O6. The fourth-order valence-electron chi connectivity index (χ4n) is 7.88. The molecule has 0 fully saturated rings. The lowest BCUT2D eigenvalue weighted by Crippen LogP contribution is -2.30. The smallest absolute Gasteiger partial charge is 0.306 e. The van der Waals surface area contributed by atoms with Crippen LogP contribution in [0, 0.1) is 0 Å². The third-order valence-electron chi connectivity index (χ3n) is 12.1. The molecule has 1 atom stereocenters. The van der Waals surface area contributed by atoms with Gasteiger partial charge < -0.3 is 14.2 Å². The summed E-state index contributed by atoms with van der Waals surface area (Å²) in [5, 5.41) is 0. The van der Waals surface area contributed by atoms with Gasteiger partial charge in [0, 0.05) is 19.3 Å². The lowest BCUT2D eigenvalue weighted by atomic mass is 10.0. The van der Waals surface area contributed by atoms with Gasteiger partial charge >= 0.3 is 17.9 Å². The van der Waals surface area contributed by atoms with Gasteiger partial charge in [0.1, 0.15) is 13.2 Å². The van der Waals surface area contributed by atoms with Gasteiger partial charge in [-0.25, -0.2) is 0 Å². The summed E-state index contributed by atoms with van der Waals surface area (Å²) in [6, 6.07) is 0. The van der Waals surface area contributed by atoms with Gasteiger partial charge in [-0.05, 0) is 83.5 Å². The van der Waals surface area contributed by atoms with Gasteiger partial charge in [-0.2, -0.15) is 0 Å². The van der Waals surface area contributed by atoms with Crippen molar-refractivity contribution in [2.45, 2.75) is 277 Å². The van der Waals surface area contributed by atoms with E-state index >= 15 is 0 Å². The maximum Gasteiger partial charge on any atom is 0.306 e. The van der Waals surface area contributed by atoms with E-state index in [1.807, 2.05) is 6.08 Å². The summed E-state index contributed by atoms with van der Waals surface area (Å²) in [7, 11) is 0. The Kier molecular flexibility index (Phi) is 53.4. The van der Waals surface area contributed by atoms with Crippen molar-refractivity contribution >= 4 is 17.9 Å². The van der Waals surface area contributed by atoms with Crippen LogP contribution >= 0.6 is 0 Å². The lowest BCUT2D eigenvalue weighted by molar-refractivity contribution is -0.166. The molecule has 0 radical (unpaired) electrons. The number of unbranched alkanes of at least 4 members (excludes halogenated alkanes) is 26. The number of carbonyl (C=O) groups excluding carboxylic acids is 3. The Morgan fingerprint density at radius 2 is 0.603 bits per heavy atom. The van der Waals surface area contributed by atoms with Gasteiger partial charge in [0.15, 0.2) is 6.10 Å². The molecule has 0 rings (SSSR count). The monoisotopic (exact) mass is 947 g/mol. The zero-order valence-corrected chi connectivity index (χ0v) is 44.6. The first kappa shape index (κ1) is 64.6. The van der Waals surface area contributed by atoms with Gasteiger partial charge in [0.05, 0.1) is 0 Å². The molecule has 0 heterocycles. The quantitative estimate of drug-likeness (QED) is 0.0262. The average Bonchev–Trinajstić information content (AvgIpc) is 3.34. The second kappa shape index (κ2) is 56.2. The molecule has 0 N–H and O–H groups in total. The zero-order chi connectivity index (χ0) is 49.3. The molecule has 0 aliphatic rings. The van der Waals surface area contributed by atoms with Gasteiger partial charge in [-0.3, -0.25) is 14.4 Å². The van der Waals surface area contributed by atoms with E-state index in [-0.39, 0.29) is 37.5 Å². The van der Waals surface area contributed by atoms with E-state index in [0.717, 1.165) is 89.9 Å². The molecule has 0 aromatic rings. The highest BCUT2D eigenvalue weighted by atomic mass is 16.6. The van der Waals surface area contributed by atoms with Crippen LogP contribution in [0.4, 0.5) is 0 Å². The minimum atomic E-state index is -0.811. The van der Waals surface area contributed by atoms with E-state index < -0.39 is 6.10 Å². The van der Waals surface area contributed by atoms with Crippen molar-refractivity contribution in [3.8, 4) is 0 Å². The van der Waals surface area contributed by atoms with E-state index in [0.29, 0.717) is 19.3 Å². The first-order valence-electron chi connectivity index (χ1n) is 28.6. The Bertz CT molecular complexity index is 1320. The molecule has 0 aliphatic heterocycles. The highest BCUT2D eigenvalue weighted by Crippen LogP contribution is 2.16. The Labute approximate surface area is 420 Å². The lowest BCUT2D eigenvalue weighted by Gasteiger charge is -2.18. The number of rotatable bonds is 51. The van der Waals surface area contributed by atoms with Gasteiger partial charge in [-0.1, -0.05) is 254 Å². The fraction of sp³-hybridized carbons (Fsp3) is 0.726. The molecule has 68 heavy (non-hydrogen) atoms. The molecule has 0 saturated heterocycles. The predicted molar refractivity (Wildman–Crippen MR) is 293 cm³/mol. The molecule has 0 saturated carbocycles. The normalized spacial score (nSPS) is 12.7. The van der Waals surface area contributed by atoms with Crippen LogP contribution in [0.3, 0.4) is 0 Å². The number of esters is 3. The minimum Gasteiger partial charge on any atom is -0.462 e. The van der Waals surface area contributed by atoms with Crippen molar-refractivity contribution in [2.75, 3.05) is 13.2 Å². The molecule has 6 heteroatoms. The maximum absolute atomic E-state index is 12.9. The largest absolute Gasteiger partial charge is 0.462 e. The summed E-state index contributed by atoms with van der Waals surface area (Å²) in [6.45, 7) is 6.46. The number of hydrogen-bond acceptors (Lipinski definition) is 6. The van der Waals surface area contributed by atoms with Crippen LogP contribution in [-0.2, 0) is 28.6 Å². The van der Waals surface area contributed by atoms with Crippen molar-refractivity contribution in [1.29, 1.82) is 0 Å². The van der Waals surface area contributed by atoms with Gasteiger partial charge in [-0.15, -0.1) is 0 Å². The second-order valence-corrected chi connectivity index (χ2v) is 18.8. The molecule has 6 nitrogen and oxygen atoms in total. The van der Waals surface area contributed by atoms with E-state index in [9.17, 15) is 14.4 Å². The van der Waals surface area contributed by atoms with E-state index in [1.165, 1.54) is 135 Å². The molecule has 0 aromatic heterocycles. The van der Waals surface area contributed by atoms with Gasteiger partial charge in [0.2, 0.25) is 0 Å². The third-order valence-corrected chi connectivity index (χ3v) is 12.1. The molecule has 1 unspecified atom stereocenters. The summed E-state index contributed by atoms with van der Waals surface area (Å²) in [4.78, 5) is 38.1. The molecule has 0 amide bonds. The topological polar surface area (TPSA) is 78.9 Å². The second-order valence-electron chi connectivity index (χ2n) is 18.8. The number of allylic oxidation sites excluding steroid dienone is 14. The van der Waals surface area contributed by atoms with Crippen molar-refractivity contribution in [2.24, 2.45) is 0 Å². The van der Waals surface area contributed by atoms with Crippen LogP contribution < -0.4 is 0 Å². The number of ether oxygens (including phenoxy) is 3. The summed E-state index contributed by atoms with van der Waals surface area (Å²) in [6.07, 6.45) is 73.0. The molecule has 0 bridgehead atoms. The van der Waals surface area contributed by atoms with Crippen LogP contribution in [-0.4, -0.2) is 37.2 Å². The van der Waals surface area contributed by atoms with Crippen molar-refractivity contribution < 1.29 is 28.6 Å². The van der Waals surface area contributed by atoms with E-state index in [1.54, 1.807) is 0 Å². The van der Waals surface area contributed by atoms with Crippen LogP contribution in [0.1, 0.15) is 271 Å². The highest BCUT2D eigenvalue weighted by Gasteiger charge is 2.19. The summed E-state index contributed by atoms with van der Waals surface area (Å²) >= 11 is 0. The molecular weight excluding hydrogens is 841 g/mol. The van der Waals surface area contributed by atoms with Crippen molar-refractivity contribution in [3.63, 3.8) is 0 Å². The zero-order valence-electron chi connectivity index (χ0n) is 44.6. The maximum atomic E-state index is 12.9. The van der Waals surface area contributed by atoms with Crippen molar-refractivity contribution in [3.05, 3.63) is 85.1 Å². The standard InChI is InChI=1S/C62H106O6/c1-4-7-10-13-16-19-22-25-27-29-31-33-34-37-40-43-46-49-52-55-61(64)67-58-59(57-66-60(63)54-51-48-45-42-39-36-24-21-18-15-12-9-6-3)68-62(65)56-53-50-47-44-41-38-35-32-30-28-26-23-20-17-14-11-8-5-2/h7,10,16,19,25,27,31,33,36-37,39-40,46,49,59H,4-6,8-9,11-15,17-18,20-24,26,28-30,32,34-35,38,41-45,47-48,50-58H2,1-3H3/b10-7-,19-16-,27-25-,33-31-,39-36-,40-37-,49-46-. The summed E-state index contributed by atoms with van der Waals surface area (Å²) in [5.74, 6) is -1.00. The summed E-state index contributed by atoms with van der Waals surface area (Å²) < 4.78 is 16.8. The first-order valence-corrected chi connectivity index (χ1v) is 28.6. The molecule has 0 spiro atoms. The summed E-state index contributed by atoms with van der Waals surface area (Å²) in [5.41, 5.74) is 0. The van der Waals surface area contributed by atoms with E-state index in [4.69, 9.17) is 14.2 Å². The Hall–Kier alpha value is -3.41. The Balaban J connectivity index is 4.48. The third kappa shape index (κ3) is 53.5. The predicted octanol–water partition coefficient (Wildman–Crippen LogP) is 19.2. The van der Waals surface area contributed by atoms with Crippen LogP contribution in [0.25, 0.3) is 0 Å². The van der Waals surface area contributed by atoms with Crippen LogP contribution in [0.15, 0.2) is 85.1 Å². The number of hydrogen-bond donors (Lipinski definition) is 0. The Morgan fingerprint density at radius 1 is 0.309 bits per heavy atom. The molecule has 390 valence electrons. The Morgan fingerprint density at radius 3 is 1.00 bits per heavy atom. The van der Waals surface area contributed by atoms with Crippen LogP contribution in [0.5, 0.6) is 0 Å². The van der Waals surface area contributed by atoms with Crippen LogP contribution in [0.2, 0.25) is 0 Å². The van der Waals surface area contributed by atoms with E-state index in [2.05, 4.69) is 99.8 Å². The fourth-order valence-corrected chi connectivity index (χ4v) is 7.88.